The Morgan fingerprint density at radius 1 is 1.25 bits per heavy atom. The third kappa shape index (κ3) is 6.81. The minimum Gasteiger partial charge on any atom is -0.377 e. The molecule has 0 aliphatic carbocycles. The molecule has 1 aromatic carbocycles. The van der Waals surface area contributed by atoms with Crippen molar-refractivity contribution in [3.8, 4) is 0 Å². The summed E-state index contributed by atoms with van der Waals surface area (Å²) in [6, 6.07) is 7.18. The molecule has 1 aliphatic heterocycles. The Bertz CT molecular complexity index is 612. The fraction of sp³-hybridized carbons (Fsp3) is 0.600. The topological polar surface area (TPSA) is 119 Å². The van der Waals surface area contributed by atoms with E-state index in [9.17, 15) is 10.1 Å². The fourth-order valence-corrected chi connectivity index (χ4v) is 2.67. The number of piperidine rings is 1. The van der Waals surface area contributed by atoms with Crippen LogP contribution in [0.15, 0.2) is 24.3 Å². The van der Waals surface area contributed by atoms with Crippen molar-refractivity contribution in [3.63, 3.8) is 0 Å². The van der Waals surface area contributed by atoms with E-state index in [0.717, 1.165) is 25.9 Å². The van der Waals surface area contributed by atoms with E-state index < -0.39 is 10.9 Å². The predicted molar refractivity (Wildman–Crippen MR) is 95.6 cm³/mol. The lowest BCUT2D eigenvalue weighted by molar-refractivity contribution is -0.384. The van der Waals surface area contributed by atoms with Crippen molar-refractivity contribution < 1.29 is 13.3 Å². The van der Waals surface area contributed by atoms with Gasteiger partial charge >= 0.3 is 0 Å². The van der Waals surface area contributed by atoms with Crippen LogP contribution in [0.2, 0.25) is 0 Å². The zero-order valence-corrected chi connectivity index (χ0v) is 15.2. The summed E-state index contributed by atoms with van der Waals surface area (Å²) in [5.41, 5.74) is 0.987. The number of likely N-dealkylation sites (tertiary alicyclic amines) is 1. The molecule has 3 N–H and O–H groups in total. The van der Waals surface area contributed by atoms with Crippen LogP contribution in [0.3, 0.4) is 0 Å². The molecule has 1 aromatic rings. The van der Waals surface area contributed by atoms with Gasteiger partial charge in [0, 0.05) is 30.7 Å². The van der Waals surface area contributed by atoms with E-state index in [1.165, 1.54) is 0 Å². The van der Waals surface area contributed by atoms with Gasteiger partial charge in [-0.2, -0.15) is 0 Å². The summed E-state index contributed by atoms with van der Waals surface area (Å²) in [4.78, 5) is 13.1. The Labute approximate surface area is 144 Å². The molecule has 0 unspecified atom stereocenters. The van der Waals surface area contributed by atoms with Gasteiger partial charge < -0.3 is 5.32 Å². The van der Waals surface area contributed by atoms with E-state index in [2.05, 4.69) is 36.1 Å². The van der Waals surface area contributed by atoms with Gasteiger partial charge in [-0.1, -0.05) is 12.1 Å². The van der Waals surface area contributed by atoms with Crippen LogP contribution >= 0.6 is 0 Å². The number of nitro groups is 1. The van der Waals surface area contributed by atoms with E-state index in [4.69, 9.17) is 8.42 Å². The number of benzene rings is 1. The van der Waals surface area contributed by atoms with Crippen LogP contribution in [0, 0.1) is 10.1 Å². The molecule has 1 saturated heterocycles. The van der Waals surface area contributed by atoms with E-state index in [-0.39, 0.29) is 16.1 Å². The molecule has 0 bridgehead atoms. The monoisotopic (exact) mass is 358 g/mol. The van der Waals surface area contributed by atoms with Gasteiger partial charge in [0.25, 0.3) is 5.69 Å². The third-order valence-electron chi connectivity index (χ3n) is 3.90. The van der Waals surface area contributed by atoms with Crippen LogP contribution in [-0.4, -0.2) is 42.9 Å². The van der Waals surface area contributed by atoms with Crippen molar-refractivity contribution >= 4 is 22.3 Å². The number of hydrogen-bond acceptors (Lipinski definition) is 6. The highest BCUT2D eigenvalue weighted by Crippen LogP contribution is 2.27. The minimum atomic E-state index is -2.62. The maximum Gasteiger partial charge on any atom is 0.292 e. The number of hydrogen-bond donors (Lipinski definition) is 3. The Balaban J connectivity index is 0.000000648. The second-order valence-corrected chi connectivity index (χ2v) is 7.21. The van der Waals surface area contributed by atoms with Gasteiger partial charge in [-0.05, 0) is 39.7 Å². The van der Waals surface area contributed by atoms with E-state index in [1.54, 1.807) is 18.2 Å². The highest BCUT2D eigenvalue weighted by molar-refractivity contribution is 7.69. The van der Waals surface area contributed by atoms with E-state index in [1.807, 2.05) is 6.07 Å². The molecule has 1 heterocycles. The van der Waals surface area contributed by atoms with Crippen LogP contribution in [-0.2, 0) is 10.9 Å². The zero-order valence-electron chi connectivity index (χ0n) is 14.3. The quantitative estimate of drug-likeness (QED) is 0.430. The summed E-state index contributed by atoms with van der Waals surface area (Å²) in [5.74, 6) is 0. The smallest absolute Gasteiger partial charge is 0.292 e. The second-order valence-electron chi connectivity index (χ2n) is 6.64. The SMILES string of the molecule is CC(C)(C)N1CCC(Nc2ccccc2[N+](=O)[O-])CC1.N[SH](=O)=O. The van der Waals surface area contributed by atoms with Crippen molar-refractivity contribution in [1.82, 2.24) is 4.90 Å². The van der Waals surface area contributed by atoms with Gasteiger partial charge in [-0.3, -0.25) is 15.0 Å². The maximum atomic E-state index is 11.0. The van der Waals surface area contributed by atoms with E-state index >= 15 is 0 Å². The number of anilines is 1. The number of thiol groups is 1. The molecule has 2 rings (SSSR count). The number of nitrogens with two attached hydrogens (primary N) is 1. The van der Waals surface area contributed by atoms with Crippen LogP contribution in [0.1, 0.15) is 33.6 Å². The predicted octanol–water partition coefficient (Wildman–Crippen LogP) is 1.74. The van der Waals surface area contributed by atoms with Crippen LogP contribution in [0.4, 0.5) is 11.4 Å². The number of rotatable bonds is 3. The minimum absolute atomic E-state index is 0.158. The average molecular weight is 358 g/mol. The van der Waals surface area contributed by atoms with Gasteiger partial charge in [-0.15, -0.1) is 0 Å². The van der Waals surface area contributed by atoms with Gasteiger partial charge in [0.1, 0.15) is 5.69 Å². The molecule has 8 nitrogen and oxygen atoms in total. The summed E-state index contributed by atoms with van der Waals surface area (Å²) in [6.07, 6.45) is 2.03. The van der Waals surface area contributed by atoms with Crippen molar-refractivity contribution in [3.05, 3.63) is 34.4 Å². The molecule has 0 amide bonds. The van der Waals surface area contributed by atoms with Gasteiger partial charge in [0.2, 0.25) is 0 Å². The molecule has 1 aliphatic rings. The van der Waals surface area contributed by atoms with Gasteiger partial charge in [0.15, 0.2) is 10.9 Å². The molecular weight excluding hydrogens is 332 g/mol. The molecule has 0 aromatic heterocycles. The summed E-state index contributed by atoms with van der Waals surface area (Å²) in [5, 5.41) is 18.4. The lowest BCUT2D eigenvalue weighted by Gasteiger charge is -2.41. The normalized spacial score (nSPS) is 16.4. The number of nitro benzene ring substituents is 1. The number of nitrogens with one attached hydrogen (secondary N) is 1. The van der Waals surface area contributed by atoms with Crippen LogP contribution < -0.4 is 10.5 Å². The van der Waals surface area contributed by atoms with Gasteiger partial charge in [0.05, 0.1) is 4.92 Å². The first-order chi connectivity index (χ1) is 11.1. The summed E-state index contributed by atoms with van der Waals surface area (Å²) < 4.78 is 17.6. The summed E-state index contributed by atoms with van der Waals surface area (Å²) in [7, 11) is -2.62. The third-order valence-corrected chi connectivity index (χ3v) is 3.90. The van der Waals surface area contributed by atoms with Crippen LogP contribution in [0.5, 0.6) is 0 Å². The number of para-hydroxylation sites is 2. The zero-order chi connectivity index (χ0) is 18.3. The first-order valence-electron chi connectivity index (χ1n) is 7.75. The standard InChI is InChI=1S/C15H23N3O2.H3NO2S/c1-15(2,3)17-10-8-12(9-11-17)16-13-6-4-5-7-14(13)18(19)20;1-4(2)3/h4-7,12,16H,8-11H2,1-3H3;4H,(H2,1,2,3). The van der Waals surface area contributed by atoms with E-state index in [0.29, 0.717) is 11.7 Å². The Morgan fingerprint density at radius 2 is 1.75 bits per heavy atom. The molecule has 0 spiro atoms. The molecule has 24 heavy (non-hydrogen) atoms. The Kier molecular flexibility index (Phi) is 7.59. The fourth-order valence-electron chi connectivity index (χ4n) is 2.67. The summed E-state index contributed by atoms with van der Waals surface area (Å²) in [6.45, 7) is 8.73. The molecule has 9 heteroatoms. The Morgan fingerprint density at radius 3 is 2.21 bits per heavy atom. The largest absolute Gasteiger partial charge is 0.377 e. The summed E-state index contributed by atoms with van der Waals surface area (Å²) >= 11 is 0. The highest BCUT2D eigenvalue weighted by Gasteiger charge is 2.27. The number of nitrogens with zero attached hydrogens (tertiary/aromatic N) is 2. The average Bonchev–Trinajstić information content (AvgIpc) is 2.46. The molecule has 136 valence electrons. The lowest BCUT2D eigenvalue weighted by atomic mass is 9.98. The van der Waals surface area contributed by atoms with Crippen molar-refractivity contribution in [1.29, 1.82) is 0 Å². The molecule has 0 atom stereocenters. The maximum absolute atomic E-state index is 11.0. The molecule has 1 fully saturated rings. The second kappa shape index (κ2) is 8.95. The first-order valence-corrected chi connectivity index (χ1v) is 9.00. The van der Waals surface area contributed by atoms with Gasteiger partial charge in [-0.25, -0.2) is 13.6 Å². The lowest BCUT2D eigenvalue weighted by Crippen LogP contribution is -2.48. The molecular formula is C15H26N4O4S. The van der Waals surface area contributed by atoms with Crippen molar-refractivity contribution in [2.45, 2.75) is 45.2 Å². The highest BCUT2D eigenvalue weighted by atomic mass is 32.2. The molecule has 0 radical (unpaired) electrons. The van der Waals surface area contributed by atoms with Crippen molar-refractivity contribution in [2.24, 2.45) is 5.14 Å². The Hall–Kier alpha value is -1.71. The van der Waals surface area contributed by atoms with Crippen molar-refractivity contribution in [2.75, 3.05) is 18.4 Å². The first kappa shape index (κ1) is 20.3. The molecule has 0 saturated carbocycles. The van der Waals surface area contributed by atoms with Crippen LogP contribution in [0.25, 0.3) is 0 Å².